The van der Waals surface area contributed by atoms with Crippen molar-refractivity contribution in [3.63, 3.8) is 0 Å². The molecule has 0 saturated carbocycles. The maximum atomic E-state index is 12.1. The standard InChI is InChI=1S/C20H21NO6/c1-20(2,3)19(26)21-13-6-4-12(5-7-13)17(24)11-27-18(25)15-9-8-14(22)10-16(15)23/h4-10,22-23H,11H2,1-3H3,(H,21,26). The molecule has 27 heavy (non-hydrogen) atoms. The predicted molar refractivity (Wildman–Crippen MR) is 98.9 cm³/mol. The van der Waals surface area contributed by atoms with Gasteiger partial charge in [0.1, 0.15) is 17.1 Å². The largest absolute Gasteiger partial charge is 0.508 e. The Hall–Kier alpha value is -3.35. The molecule has 0 radical (unpaired) electrons. The number of aromatic hydroxyl groups is 2. The van der Waals surface area contributed by atoms with Crippen LogP contribution in [0.3, 0.4) is 0 Å². The van der Waals surface area contributed by atoms with Crippen LogP contribution in [0.4, 0.5) is 5.69 Å². The van der Waals surface area contributed by atoms with Crippen LogP contribution in [0.5, 0.6) is 11.5 Å². The van der Waals surface area contributed by atoms with Gasteiger partial charge in [0.25, 0.3) is 0 Å². The third kappa shape index (κ3) is 5.31. The fraction of sp³-hybridized carbons (Fsp3) is 0.250. The molecule has 2 aromatic carbocycles. The van der Waals surface area contributed by atoms with Crippen LogP contribution in [0.1, 0.15) is 41.5 Å². The lowest BCUT2D eigenvalue weighted by molar-refractivity contribution is -0.123. The van der Waals surface area contributed by atoms with E-state index in [1.54, 1.807) is 32.9 Å². The Labute approximate surface area is 156 Å². The number of carbonyl (C=O) groups excluding carboxylic acids is 3. The number of ketones is 1. The second-order valence-corrected chi connectivity index (χ2v) is 6.98. The minimum atomic E-state index is -0.880. The minimum Gasteiger partial charge on any atom is -0.508 e. The summed E-state index contributed by atoms with van der Waals surface area (Å²) >= 11 is 0. The molecule has 142 valence electrons. The van der Waals surface area contributed by atoms with Gasteiger partial charge in [-0.3, -0.25) is 9.59 Å². The zero-order chi connectivity index (χ0) is 20.2. The molecule has 0 fully saturated rings. The van der Waals surface area contributed by atoms with Crippen LogP contribution in [0.2, 0.25) is 0 Å². The van der Waals surface area contributed by atoms with Crippen molar-refractivity contribution in [2.75, 3.05) is 11.9 Å². The van der Waals surface area contributed by atoms with E-state index in [2.05, 4.69) is 5.32 Å². The molecular formula is C20H21NO6. The van der Waals surface area contributed by atoms with E-state index in [0.717, 1.165) is 6.07 Å². The van der Waals surface area contributed by atoms with E-state index in [1.165, 1.54) is 24.3 Å². The van der Waals surface area contributed by atoms with E-state index < -0.39 is 29.5 Å². The van der Waals surface area contributed by atoms with Crippen molar-refractivity contribution in [3.8, 4) is 11.5 Å². The minimum absolute atomic E-state index is 0.149. The van der Waals surface area contributed by atoms with E-state index in [1.807, 2.05) is 0 Å². The maximum absolute atomic E-state index is 12.1. The second kappa shape index (κ2) is 7.90. The van der Waals surface area contributed by atoms with Crippen molar-refractivity contribution in [1.29, 1.82) is 0 Å². The van der Waals surface area contributed by atoms with E-state index >= 15 is 0 Å². The molecule has 3 N–H and O–H groups in total. The van der Waals surface area contributed by atoms with Crippen molar-refractivity contribution in [3.05, 3.63) is 53.6 Å². The Balaban J connectivity index is 1.96. The molecule has 0 spiro atoms. The van der Waals surface area contributed by atoms with Gasteiger partial charge < -0.3 is 20.3 Å². The van der Waals surface area contributed by atoms with Crippen molar-refractivity contribution >= 4 is 23.3 Å². The summed E-state index contributed by atoms with van der Waals surface area (Å²) in [5.74, 6) is -2.10. The molecule has 0 saturated heterocycles. The average Bonchev–Trinajstić information content (AvgIpc) is 2.59. The Morgan fingerprint density at radius 1 is 1.00 bits per heavy atom. The number of ether oxygens (including phenoxy) is 1. The van der Waals surface area contributed by atoms with Crippen molar-refractivity contribution in [2.24, 2.45) is 5.41 Å². The third-order valence-corrected chi connectivity index (χ3v) is 3.68. The van der Waals surface area contributed by atoms with Crippen molar-refractivity contribution in [1.82, 2.24) is 0 Å². The van der Waals surface area contributed by atoms with Gasteiger partial charge in [-0.25, -0.2) is 4.79 Å². The molecule has 0 heterocycles. The van der Waals surface area contributed by atoms with Crippen LogP contribution in [0.15, 0.2) is 42.5 Å². The highest BCUT2D eigenvalue weighted by atomic mass is 16.5. The zero-order valence-electron chi connectivity index (χ0n) is 15.3. The summed E-state index contributed by atoms with van der Waals surface area (Å²) in [7, 11) is 0. The highest BCUT2D eigenvalue weighted by molar-refractivity contribution is 6.00. The Morgan fingerprint density at radius 3 is 2.19 bits per heavy atom. The first-order valence-electron chi connectivity index (χ1n) is 8.22. The summed E-state index contributed by atoms with van der Waals surface area (Å²) in [6, 6.07) is 9.64. The number of phenolic OH excluding ortho intramolecular Hbond substituents is 2. The number of rotatable bonds is 5. The molecule has 0 aromatic heterocycles. The highest BCUT2D eigenvalue weighted by Crippen LogP contribution is 2.23. The van der Waals surface area contributed by atoms with E-state index in [-0.39, 0.29) is 17.2 Å². The molecule has 0 bridgehead atoms. The number of Topliss-reactive ketones (excluding diaryl/α,β-unsaturated/α-hetero) is 1. The summed E-state index contributed by atoms with van der Waals surface area (Å²) in [6.45, 7) is 4.87. The monoisotopic (exact) mass is 371 g/mol. The molecule has 7 heteroatoms. The average molecular weight is 371 g/mol. The van der Waals surface area contributed by atoms with Gasteiger partial charge in [0, 0.05) is 22.7 Å². The van der Waals surface area contributed by atoms with Gasteiger partial charge in [0.05, 0.1) is 0 Å². The third-order valence-electron chi connectivity index (χ3n) is 3.68. The molecule has 0 unspecified atom stereocenters. The number of anilines is 1. The highest BCUT2D eigenvalue weighted by Gasteiger charge is 2.21. The first-order chi connectivity index (χ1) is 12.6. The van der Waals surface area contributed by atoms with Gasteiger partial charge in [0.2, 0.25) is 5.91 Å². The first-order valence-corrected chi connectivity index (χ1v) is 8.22. The molecule has 0 atom stereocenters. The smallest absolute Gasteiger partial charge is 0.342 e. The zero-order valence-corrected chi connectivity index (χ0v) is 15.3. The summed E-state index contributed by atoms with van der Waals surface area (Å²) in [5, 5.41) is 21.6. The Morgan fingerprint density at radius 2 is 1.63 bits per heavy atom. The number of amides is 1. The van der Waals surface area contributed by atoms with E-state index in [0.29, 0.717) is 11.3 Å². The van der Waals surface area contributed by atoms with Crippen LogP contribution in [-0.4, -0.2) is 34.5 Å². The lowest BCUT2D eigenvalue weighted by Crippen LogP contribution is -2.27. The molecule has 2 aromatic rings. The number of hydrogen-bond donors (Lipinski definition) is 3. The van der Waals surface area contributed by atoms with Crippen LogP contribution < -0.4 is 5.32 Å². The van der Waals surface area contributed by atoms with Crippen LogP contribution in [0.25, 0.3) is 0 Å². The normalized spacial score (nSPS) is 10.9. The van der Waals surface area contributed by atoms with E-state index in [4.69, 9.17) is 4.74 Å². The van der Waals surface area contributed by atoms with Gasteiger partial charge in [-0.15, -0.1) is 0 Å². The Bertz CT molecular complexity index is 865. The SMILES string of the molecule is CC(C)(C)C(=O)Nc1ccc(C(=O)COC(=O)c2ccc(O)cc2O)cc1. The number of phenols is 2. The van der Waals surface area contributed by atoms with Crippen LogP contribution in [-0.2, 0) is 9.53 Å². The molecular weight excluding hydrogens is 350 g/mol. The van der Waals surface area contributed by atoms with Crippen LogP contribution >= 0.6 is 0 Å². The Kier molecular flexibility index (Phi) is 5.85. The number of carbonyl (C=O) groups is 3. The van der Waals surface area contributed by atoms with Gasteiger partial charge >= 0.3 is 5.97 Å². The lowest BCUT2D eigenvalue weighted by atomic mass is 9.95. The number of nitrogens with one attached hydrogen (secondary N) is 1. The maximum Gasteiger partial charge on any atom is 0.342 e. The van der Waals surface area contributed by atoms with Gasteiger partial charge in [-0.05, 0) is 36.4 Å². The predicted octanol–water partition coefficient (Wildman–Crippen LogP) is 3.12. The fourth-order valence-electron chi connectivity index (χ4n) is 2.04. The molecule has 0 aliphatic rings. The van der Waals surface area contributed by atoms with Crippen molar-refractivity contribution in [2.45, 2.75) is 20.8 Å². The van der Waals surface area contributed by atoms with Crippen LogP contribution in [0, 0.1) is 5.41 Å². The molecule has 2 rings (SSSR count). The van der Waals surface area contributed by atoms with Gasteiger partial charge in [0.15, 0.2) is 12.4 Å². The lowest BCUT2D eigenvalue weighted by Gasteiger charge is -2.17. The fourth-order valence-corrected chi connectivity index (χ4v) is 2.04. The molecule has 0 aliphatic heterocycles. The summed E-state index contributed by atoms with van der Waals surface area (Å²) in [6.07, 6.45) is 0. The number of benzene rings is 2. The van der Waals surface area contributed by atoms with Crippen molar-refractivity contribution < 1.29 is 29.3 Å². The molecule has 1 amide bonds. The summed E-state index contributed by atoms with van der Waals surface area (Å²) < 4.78 is 4.90. The quantitative estimate of drug-likeness (QED) is 0.550. The molecule has 7 nitrogen and oxygen atoms in total. The number of esters is 1. The topological polar surface area (TPSA) is 113 Å². The summed E-state index contributed by atoms with van der Waals surface area (Å²) in [5.41, 5.74) is 0.174. The number of hydrogen-bond acceptors (Lipinski definition) is 6. The second-order valence-electron chi connectivity index (χ2n) is 6.98. The van der Waals surface area contributed by atoms with E-state index in [9.17, 15) is 24.6 Å². The first kappa shape index (κ1) is 20.0. The van der Waals surface area contributed by atoms with Gasteiger partial charge in [-0.1, -0.05) is 20.8 Å². The summed E-state index contributed by atoms with van der Waals surface area (Å²) in [4.78, 5) is 36.0. The molecule has 0 aliphatic carbocycles. The van der Waals surface area contributed by atoms with Gasteiger partial charge in [-0.2, -0.15) is 0 Å².